The number of carbonyl (C=O) groups excluding carboxylic acids is 2. The van der Waals surface area contributed by atoms with Crippen LogP contribution in [0.1, 0.15) is 20.8 Å². The van der Waals surface area contributed by atoms with E-state index in [0.29, 0.717) is 0 Å². The fourth-order valence-electron chi connectivity index (χ4n) is 0.782. The SMILES string of the molecule is CON(C)C(=O)[C@H](N)NC(=O)OC(C)(C)C. The molecule has 0 saturated carbocycles. The summed E-state index contributed by atoms with van der Waals surface area (Å²) in [6.45, 7) is 5.13. The lowest BCUT2D eigenvalue weighted by molar-refractivity contribution is -0.170. The summed E-state index contributed by atoms with van der Waals surface area (Å²) in [6, 6.07) is 0. The first-order valence-corrected chi connectivity index (χ1v) is 4.74. The lowest BCUT2D eigenvalue weighted by Crippen LogP contribution is -2.53. The number of hydroxylamine groups is 2. The fourth-order valence-corrected chi connectivity index (χ4v) is 0.782. The molecule has 7 heteroatoms. The Hall–Kier alpha value is -1.34. The molecule has 94 valence electrons. The highest BCUT2D eigenvalue weighted by molar-refractivity contribution is 5.84. The fraction of sp³-hybridized carbons (Fsp3) is 0.778. The average molecular weight is 233 g/mol. The van der Waals surface area contributed by atoms with Crippen molar-refractivity contribution in [1.82, 2.24) is 10.4 Å². The number of nitrogens with zero attached hydrogens (tertiary/aromatic N) is 1. The molecule has 0 aromatic carbocycles. The lowest BCUT2D eigenvalue weighted by Gasteiger charge is -2.23. The maximum absolute atomic E-state index is 11.4. The van der Waals surface area contributed by atoms with Crippen LogP contribution in [0.5, 0.6) is 0 Å². The summed E-state index contributed by atoms with van der Waals surface area (Å²) in [5, 5.41) is 3.12. The number of carbonyl (C=O) groups is 2. The van der Waals surface area contributed by atoms with E-state index < -0.39 is 23.8 Å². The topological polar surface area (TPSA) is 93.9 Å². The van der Waals surface area contributed by atoms with Gasteiger partial charge in [-0.3, -0.25) is 14.9 Å². The zero-order valence-electron chi connectivity index (χ0n) is 10.2. The Labute approximate surface area is 94.8 Å². The van der Waals surface area contributed by atoms with E-state index >= 15 is 0 Å². The number of alkyl carbamates (subject to hydrolysis) is 1. The third-order valence-electron chi connectivity index (χ3n) is 1.52. The van der Waals surface area contributed by atoms with Crippen LogP contribution in [0.25, 0.3) is 0 Å². The molecule has 2 amide bonds. The summed E-state index contributed by atoms with van der Waals surface area (Å²) in [5.74, 6) is -0.576. The summed E-state index contributed by atoms with van der Waals surface area (Å²) in [4.78, 5) is 27.3. The van der Waals surface area contributed by atoms with E-state index in [0.717, 1.165) is 5.06 Å². The molecule has 0 fully saturated rings. The Morgan fingerprint density at radius 1 is 1.38 bits per heavy atom. The number of likely N-dealkylation sites (N-methyl/N-ethyl adjacent to an activating group) is 1. The third kappa shape index (κ3) is 5.52. The molecule has 3 N–H and O–H groups in total. The highest BCUT2D eigenvalue weighted by Crippen LogP contribution is 2.06. The van der Waals surface area contributed by atoms with Gasteiger partial charge < -0.3 is 10.5 Å². The van der Waals surface area contributed by atoms with Crippen molar-refractivity contribution < 1.29 is 19.2 Å². The van der Waals surface area contributed by atoms with E-state index in [-0.39, 0.29) is 0 Å². The van der Waals surface area contributed by atoms with Crippen LogP contribution in [-0.4, -0.2) is 43.0 Å². The molecule has 0 radical (unpaired) electrons. The number of amides is 2. The number of nitrogens with one attached hydrogen (secondary N) is 1. The van der Waals surface area contributed by atoms with Crippen LogP contribution in [0.4, 0.5) is 4.79 Å². The smallest absolute Gasteiger partial charge is 0.409 e. The van der Waals surface area contributed by atoms with E-state index in [9.17, 15) is 9.59 Å². The van der Waals surface area contributed by atoms with Gasteiger partial charge in [-0.1, -0.05) is 0 Å². The van der Waals surface area contributed by atoms with Crippen LogP contribution in [0, 0.1) is 0 Å². The van der Waals surface area contributed by atoms with Gasteiger partial charge in [0.2, 0.25) is 0 Å². The van der Waals surface area contributed by atoms with Gasteiger partial charge in [0.1, 0.15) is 5.60 Å². The first-order valence-electron chi connectivity index (χ1n) is 4.74. The predicted molar refractivity (Wildman–Crippen MR) is 57.1 cm³/mol. The molecule has 0 aliphatic rings. The summed E-state index contributed by atoms with van der Waals surface area (Å²) in [6.07, 6.45) is -1.95. The molecule has 0 spiro atoms. The van der Waals surface area contributed by atoms with Gasteiger partial charge in [-0.25, -0.2) is 9.86 Å². The van der Waals surface area contributed by atoms with Crippen LogP contribution in [0.15, 0.2) is 0 Å². The average Bonchev–Trinajstić information content (AvgIpc) is 2.12. The molecule has 0 aliphatic heterocycles. The van der Waals surface area contributed by atoms with Crippen molar-refractivity contribution in [2.24, 2.45) is 5.73 Å². The molecule has 0 heterocycles. The summed E-state index contributed by atoms with van der Waals surface area (Å²) >= 11 is 0. The Morgan fingerprint density at radius 2 is 1.88 bits per heavy atom. The molecular formula is C9H19N3O4. The molecule has 0 aliphatic carbocycles. The highest BCUT2D eigenvalue weighted by atomic mass is 16.7. The van der Waals surface area contributed by atoms with Crippen molar-refractivity contribution in [3.05, 3.63) is 0 Å². The minimum atomic E-state index is -1.19. The Balaban J connectivity index is 4.20. The van der Waals surface area contributed by atoms with Crippen LogP contribution in [0.2, 0.25) is 0 Å². The van der Waals surface area contributed by atoms with E-state index in [1.807, 2.05) is 0 Å². The second-order valence-electron chi connectivity index (χ2n) is 4.14. The maximum atomic E-state index is 11.4. The molecule has 0 aromatic heterocycles. The van der Waals surface area contributed by atoms with Gasteiger partial charge in [0.15, 0.2) is 6.17 Å². The van der Waals surface area contributed by atoms with E-state index in [1.54, 1.807) is 20.8 Å². The van der Waals surface area contributed by atoms with Gasteiger partial charge in [0, 0.05) is 7.05 Å². The standard InChI is InChI=1S/C9H19N3O4/c1-9(2,3)16-8(14)11-6(10)7(13)12(4)15-5/h6H,10H2,1-5H3,(H,11,14)/t6-/m1/s1. The zero-order valence-corrected chi connectivity index (χ0v) is 10.2. The minimum Gasteiger partial charge on any atom is -0.444 e. The molecular weight excluding hydrogens is 214 g/mol. The van der Waals surface area contributed by atoms with E-state index in [2.05, 4.69) is 10.2 Å². The molecule has 1 atom stereocenters. The Morgan fingerprint density at radius 3 is 2.25 bits per heavy atom. The van der Waals surface area contributed by atoms with Gasteiger partial charge >= 0.3 is 6.09 Å². The zero-order chi connectivity index (χ0) is 12.9. The lowest BCUT2D eigenvalue weighted by atomic mass is 10.2. The summed E-state index contributed by atoms with van der Waals surface area (Å²) < 4.78 is 4.93. The van der Waals surface area contributed by atoms with E-state index in [4.69, 9.17) is 10.5 Å². The van der Waals surface area contributed by atoms with Crippen molar-refractivity contribution in [2.45, 2.75) is 32.5 Å². The van der Waals surface area contributed by atoms with Crippen molar-refractivity contribution >= 4 is 12.0 Å². The molecule has 0 rings (SSSR count). The maximum Gasteiger partial charge on any atom is 0.409 e. The van der Waals surface area contributed by atoms with Crippen LogP contribution < -0.4 is 11.1 Å². The van der Waals surface area contributed by atoms with Crippen molar-refractivity contribution in [1.29, 1.82) is 0 Å². The van der Waals surface area contributed by atoms with Gasteiger partial charge in [-0.2, -0.15) is 0 Å². The number of hydrogen-bond acceptors (Lipinski definition) is 5. The third-order valence-corrected chi connectivity index (χ3v) is 1.52. The van der Waals surface area contributed by atoms with Gasteiger partial charge in [0.25, 0.3) is 5.91 Å². The number of nitrogens with two attached hydrogens (primary N) is 1. The van der Waals surface area contributed by atoms with E-state index in [1.165, 1.54) is 14.2 Å². The molecule has 0 bridgehead atoms. The van der Waals surface area contributed by atoms with Crippen molar-refractivity contribution in [2.75, 3.05) is 14.2 Å². The minimum absolute atomic E-state index is 0.576. The largest absolute Gasteiger partial charge is 0.444 e. The number of rotatable bonds is 3. The molecule has 16 heavy (non-hydrogen) atoms. The van der Waals surface area contributed by atoms with Crippen molar-refractivity contribution in [3.8, 4) is 0 Å². The second kappa shape index (κ2) is 5.66. The van der Waals surface area contributed by atoms with Crippen LogP contribution >= 0.6 is 0 Å². The normalized spacial score (nSPS) is 12.9. The molecule has 7 nitrogen and oxygen atoms in total. The predicted octanol–water partition coefficient (Wildman–Crippen LogP) is -0.184. The molecule has 0 aromatic rings. The number of ether oxygens (including phenoxy) is 1. The number of hydrogen-bond donors (Lipinski definition) is 2. The molecule has 0 saturated heterocycles. The second-order valence-corrected chi connectivity index (χ2v) is 4.14. The molecule has 0 unspecified atom stereocenters. The highest BCUT2D eigenvalue weighted by Gasteiger charge is 2.23. The van der Waals surface area contributed by atoms with Gasteiger partial charge in [-0.05, 0) is 20.8 Å². The van der Waals surface area contributed by atoms with Gasteiger partial charge in [0.05, 0.1) is 7.11 Å². The summed E-state index contributed by atoms with van der Waals surface area (Å²) in [5.41, 5.74) is 4.79. The van der Waals surface area contributed by atoms with Crippen molar-refractivity contribution in [3.63, 3.8) is 0 Å². The van der Waals surface area contributed by atoms with Crippen LogP contribution in [0.3, 0.4) is 0 Å². The van der Waals surface area contributed by atoms with Crippen LogP contribution in [-0.2, 0) is 14.4 Å². The summed E-state index contributed by atoms with van der Waals surface area (Å²) in [7, 11) is 2.71. The first kappa shape index (κ1) is 14.7. The Kier molecular flexibility index (Phi) is 5.19. The quantitative estimate of drug-likeness (QED) is 0.520. The Bertz CT molecular complexity index is 262. The van der Waals surface area contributed by atoms with Gasteiger partial charge in [-0.15, -0.1) is 0 Å². The monoisotopic (exact) mass is 233 g/mol. The first-order chi connectivity index (χ1) is 7.17.